The van der Waals surface area contributed by atoms with Crippen LogP contribution in [0.15, 0.2) is 48.0 Å². The lowest BCUT2D eigenvalue weighted by Crippen LogP contribution is -2.12. The smallest absolute Gasteiger partial charge is 0.338 e. The van der Waals surface area contributed by atoms with Gasteiger partial charge in [-0.15, -0.1) is 11.3 Å². The minimum absolute atomic E-state index is 0.158. The molecule has 0 aliphatic heterocycles. The summed E-state index contributed by atoms with van der Waals surface area (Å²) in [7, 11) is 0. The lowest BCUT2D eigenvalue weighted by atomic mass is 10.2. The predicted octanol–water partition coefficient (Wildman–Crippen LogP) is 4.19. The number of aromatic nitrogens is 1. The zero-order valence-electron chi connectivity index (χ0n) is 11.5. The lowest BCUT2D eigenvalue weighted by Gasteiger charge is -2.08. The zero-order chi connectivity index (χ0) is 15.4. The van der Waals surface area contributed by atoms with Gasteiger partial charge in [-0.25, -0.2) is 9.78 Å². The Balaban J connectivity index is 1.53. The Morgan fingerprint density at radius 2 is 2.05 bits per heavy atom. The van der Waals surface area contributed by atoms with Crippen molar-refractivity contribution in [3.8, 4) is 5.75 Å². The van der Waals surface area contributed by atoms with Crippen LogP contribution in [0.4, 0.5) is 0 Å². The number of benzene rings is 2. The number of ether oxygens (including phenoxy) is 2. The molecule has 4 nitrogen and oxygen atoms in total. The van der Waals surface area contributed by atoms with E-state index in [0.29, 0.717) is 16.3 Å². The summed E-state index contributed by atoms with van der Waals surface area (Å²) in [4.78, 5) is 16.1. The van der Waals surface area contributed by atoms with E-state index in [1.54, 1.807) is 29.8 Å². The second-order valence-electron chi connectivity index (χ2n) is 4.45. The number of rotatable bonds is 5. The number of esters is 1. The van der Waals surface area contributed by atoms with Gasteiger partial charge in [-0.05, 0) is 30.3 Å². The fourth-order valence-corrected chi connectivity index (χ4v) is 2.82. The topological polar surface area (TPSA) is 48.4 Å². The molecule has 0 amide bonds. The molecule has 0 atom stereocenters. The lowest BCUT2D eigenvalue weighted by molar-refractivity contribution is 0.0451. The van der Waals surface area contributed by atoms with E-state index < -0.39 is 0 Å². The second-order valence-corrected chi connectivity index (χ2v) is 5.74. The average Bonchev–Trinajstić information content (AvgIpc) is 3.00. The third-order valence-corrected chi connectivity index (χ3v) is 4.08. The summed E-state index contributed by atoms with van der Waals surface area (Å²) in [5.41, 5.74) is 3.13. The van der Waals surface area contributed by atoms with Crippen LogP contribution in [-0.4, -0.2) is 24.2 Å². The van der Waals surface area contributed by atoms with Crippen molar-refractivity contribution in [3.05, 3.63) is 58.6 Å². The van der Waals surface area contributed by atoms with Crippen LogP contribution in [0.2, 0.25) is 5.02 Å². The largest absolute Gasteiger partial charge is 0.488 e. The highest BCUT2D eigenvalue weighted by molar-refractivity contribution is 7.16. The van der Waals surface area contributed by atoms with Gasteiger partial charge in [-0.3, -0.25) is 0 Å². The number of carbonyl (C=O) groups is 1. The first-order chi connectivity index (χ1) is 10.7. The van der Waals surface area contributed by atoms with E-state index in [-0.39, 0.29) is 19.2 Å². The molecule has 6 heteroatoms. The maximum absolute atomic E-state index is 12.0. The summed E-state index contributed by atoms with van der Waals surface area (Å²) in [6.07, 6.45) is 0. The van der Waals surface area contributed by atoms with Gasteiger partial charge in [0.25, 0.3) is 0 Å². The molecule has 0 spiro atoms. The number of carbonyl (C=O) groups excluding carboxylic acids is 1. The minimum Gasteiger partial charge on any atom is -0.488 e. The first-order valence-electron chi connectivity index (χ1n) is 6.62. The number of fused-ring (bicyclic) bond motifs is 1. The van der Waals surface area contributed by atoms with Crippen LogP contribution < -0.4 is 4.74 Å². The minimum atomic E-state index is -0.377. The molecule has 3 aromatic rings. The summed E-state index contributed by atoms with van der Waals surface area (Å²) in [6.45, 7) is 0.406. The number of nitrogens with zero attached hydrogens (tertiary/aromatic N) is 1. The van der Waals surface area contributed by atoms with E-state index in [2.05, 4.69) is 4.98 Å². The van der Waals surface area contributed by atoms with Crippen molar-refractivity contribution >= 4 is 39.1 Å². The Kier molecular flexibility index (Phi) is 4.56. The average molecular weight is 334 g/mol. The Labute approximate surface area is 136 Å². The van der Waals surface area contributed by atoms with E-state index in [4.69, 9.17) is 21.1 Å². The molecule has 0 saturated carbocycles. The van der Waals surface area contributed by atoms with Crippen LogP contribution in [0.1, 0.15) is 10.4 Å². The van der Waals surface area contributed by atoms with Crippen LogP contribution in [0.25, 0.3) is 10.2 Å². The van der Waals surface area contributed by atoms with E-state index in [1.807, 2.05) is 18.2 Å². The van der Waals surface area contributed by atoms with Gasteiger partial charge in [-0.1, -0.05) is 23.7 Å². The molecule has 22 heavy (non-hydrogen) atoms. The van der Waals surface area contributed by atoms with Gasteiger partial charge in [0.15, 0.2) is 0 Å². The SMILES string of the molecule is O=C(OCCOc1ccccc1Cl)c1ccc2ncsc2c1. The fraction of sp³-hybridized carbons (Fsp3) is 0.125. The van der Waals surface area contributed by atoms with E-state index in [1.165, 1.54) is 11.3 Å². The molecule has 1 heterocycles. The Hall–Kier alpha value is -2.11. The molecule has 0 fully saturated rings. The highest BCUT2D eigenvalue weighted by Gasteiger charge is 2.09. The highest BCUT2D eigenvalue weighted by atomic mass is 35.5. The molecule has 0 saturated heterocycles. The van der Waals surface area contributed by atoms with Crippen molar-refractivity contribution in [1.29, 1.82) is 0 Å². The van der Waals surface area contributed by atoms with Crippen LogP contribution in [-0.2, 0) is 4.74 Å². The van der Waals surface area contributed by atoms with Crippen molar-refractivity contribution in [1.82, 2.24) is 4.98 Å². The van der Waals surface area contributed by atoms with Gasteiger partial charge in [-0.2, -0.15) is 0 Å². The summed E-state index contributed by atoms with van der Waals surface area (Å²) in [6, 6.07) is 12.5. The van der Waals surface area contributed by atoms with Crippen molar-refractivity contribution in [2.24, 2.45) is 0 Å². The van der Waals surface area contributed by atoms with Gasteiger partial charge < -0.3 is 9.47 Å². The summed E-state index contributed by atoms with van der Waals surface area (Å²) >= 11 is 7.46. The van der Waals surface area contributed by atoms with Gasteiger partial charge in [0, 0.05) is 0 Å². The first-order valence-corrected chi connectivity index (χ1v) is 7.87. The van der Waals surface area contributed by atoms with Gasteiger partial charge >= 0.3 is 5.97 Å². The normalized spacial score (nSPS) is 10.6. The number of hydrogen-bond donors (Lipinski definition) is 0. The second kappa shape index (κ2) is 6.77. The Morgan fingerprint density at radius 3 is 2.91 bits per heavy atom. The fourth-order valence-electron chi connectivity index (χ4n) is 1.91. The monoisotopic (exact) mass is 333 g/mol. The van der Waals surface area contributed by atoms with E-state index >= 15 is 0 Å². The van der Waals surface area contributed by atoms with Gasteiger partial charge in [0.05, 0.1) is 26.3 Å². The third kappa shape index (κ3) is 3.37. The number of thiazole rings is 1. The van der Waals surface area contributed by atoms with Crippen molar-refractivity contribution in [3.63, 3.8) is 0 Å². The molecular formula is C16H12ClNO3S. The summed E-state index contributed by atoms with van der Waals surface area (Å²) in [5, 5.41) is 0.532. The van der Waals surface area contributed by atoms with E-state index in [0.717, 1.165) is 10.2 Å². The standard InChI is InChI=1S/C16H12ClNO3S/c17-12-3-1-2-4-14(12)20-7-8-21-16(19)11-5-6-13-15(9-11)22-10-18-13/h1-6,9-10H,7-8H2. The predicted molar refractivity (Wildman–Crippen MR) is 86.8 cm³/mol. The quantitative estimate of drug-likeness (QED) is 0.519. The molecule has 0 radical (unpaired) electrons. The van der Waals surface area contributed by atoms with Crippen LogP contribution in [0.5, 0.6) is 5.75 Å². The molecule has 0 N–H and O–H groups in total. The molecule has 112 valence electrons. The van der Waals surface area contributed by atoms with Crippen LogP contribution in [0, 0.1) is 0 Å². The molecule has 0 unspecified atom stereocenters. The molecule has 0 bridgehead atoms. The molecule has 1 aromatic heterocycles. The Morgan fingerprint density at radius 1 is 1.18 bits per heavy atom. The zero-order valence-corrected chi connectivity index (χ0v) is 13.1. The molecular weight excluding hydrogens is 322 g/mol. The highest BCUT2D eigenvalue weighted by Crippen LogP contribution is 2.23. The molecule has 2 aromatic carbocycles. The maximum atomic E-state index is 12.0. The summed E-state index contributed by atoms with van der Waals surface area (Å²) < 4.78 is 11.6. The van der Waals surface area contributed by atoms with Crippen molar-refractivity contribution in [2.45, 2.75) is 0 Å². The van der Waals surface area contributed by atoms with E-state index in [9.17, 15) is 4.79 Å². The first kappa shape index (κ1) is 14.8. The van der Waals surface area contributed by atoms with Crippen LogP contribution >= 0.6 is 22.9 Å². The number of halogens is 1. The maximum Gasteiger partial charge on any atom is 0.338 e. The molecule has 0 aliphatic rings. The van der Waals surface area contributed by atoms with Gasteiger partial charge in [0.2, 0.25) is 0 Å². The van der Waals surface area contributed by atoms with Crippen molar-refractivity contribution in [2.75, 3.05) is 13.2 Å². The van der Waals surface area contributed by atoms with Crippen molar-refractivity contribution < 1.29 is 14.3 Å². The Bertz CT molecular complexity index is 803. The molecule has 3 rings (SSSR count). The number of para-hydroxylation sites is 1. The van der Waals surface area contributed by atoms with Crippen LogP contribution in [0.3, 0.4) is 0 Å². The van der Waals surface area contributed by atoms with Gasteiger partial charge in [0.1, 0.15) is 19.0 Å². The molecule has 0 aliphatic carbocycles. The number of hydrogen-bond acceptors (Lipinski definition) is 5. The third-order valence-electron chi connectivity index (χ3n) is 2.98. The summed E-state index contributed by atoms with van der Waals surface area (Å²) in [5.74, 6) is 0.198.